The van der Waals surface area contributed by atoms with Crippen LogP contribution < -0.4 is 30.3 Å². The molecule has 1 aliphatic rings. The number of fused-ring (bicyclic) bond motifs is 3. The van der Waals surface area contributed by atoms with Gasteiger partial charge in [0.2, 0.25) is 11.2 Å². The van der Waals surface area contributed by atoms with Crippen molar-refractivity contribution in [3.8, 4) is 28.4 Å². The first-order valence-corrected chi connectivity index (χ1v) is 9.51. The molecule has 0 radical (unpaired) electrons. The summed E-state index contributed by atoms with van der Waals surface area (Å²) in [4.78, 5) is 12.8. The van der Waals surface area contributed by atoms with E-state index < -0.39 is 0 Å². The Hall–Kier alpha value is -2.73. The average molecular weight is 384 g/mol. The minimum atomic E-state index is -0.0220. The van der Waals surface area contributed by atoms with Gasteiger partial charge in [-0.15, -0.1) is 0 Å². The molecular formula is C22H28N2O4. The molecule has 1 aliphatic carbocycles. The highest BCUT2D eigenvalue weighted by atomic mass is 16.5. The van der Waals surface area contributed by atoms with Crippen LogP contribution in [0.5, 0.6) is 17.2 Å². The highest BCUT2D eigenvalue weighted by Crippen LogP contribution is 2.50. The molecule has 0 aliphatic heterocycles. The Morgan fingerprint density at radius 1 is 1.07 bits per heavy atom. The third-order valence-electron chi connectivity index (χ3n) is 5.25. The molecule has 0 unspecified atom stereocenters. The Bertz CT molecular complexity index is 927. The van der Waals surface area contributed by atoms with Crippen LogP contribution in [0.1, 0.15) is 30.5 Å². The number of ether oxygens (including phenoxy) is 3. The quantitative estimate of drug-likeness (QED) is 0.796. The highest BCUT2D eigenvalue weighted by Gasteiger charge is 2.28. The van der Waals surface area contributed by atoms with Gasteiger partial charge in [-0.1, -0.05) is 6.07 Å². The lowest BCUT2D eigenvalue weighted by Gasteiger charge is -2.19. The van der Waals surface area contributed by atoms with Crippen molar-refractivity contribution in [2.45, 2.75) is 25.8 Å². The lowest BCUT2D eigenvalue weighted by molar-refractivity contribution is 0.324. The molecular weight excluding hydrogens is 356 g/mol. The minimum absolute atomic E-state index is 0.0220. The van der Waals surface area contributed by atoms with Crippen molar-refractivity contribution in [1.29, 1.82) is 0 Å². The molecule has 3 rings (SSSR count). The number of hydrogen-bond donors (Lipinski definition) is 2. The molecule has 150 valence electrons. The fourth-order valence-electron chi connectivity index (χ4n) is 3.95. The predicted octanol–water partition coefficient (Wildman–Crippen LogP) is 3.38. The minimum Gasteiger partial charge on any atom is -0.493 e. The molecule has 28 heavy (non-hydrogen) atoms. The molecule has 0 saturated heterocycles. The van der Waals surface area contributed by atoms with Crippen LogP contribution in [0.4, 0.5) is 5.69 Å². The van der Waals surface area contributed by atoms with Gasteiger partial charge in [-0.25, -0.2) is 0 Å². The fraction of sp³-hybridized carbons (Fsp3) is 0.409. The molecule has 0 saturated carbocycles. The van der Waals surface area contributed by atoms with Crippen molar-refractivity contribution >= 4 is 5.69 Å². The smallest absolute Gasteiger partial charge is 0.203 e. The summed E-state index contributed by atoms with van der Waals surface area (Å²) >= 11 is 0. The van der Waals surface area contributed by atoms with Crippen LogP contribution in [0.3, 0.4) is 0 Å². The van der Waals surface area contributed by atoms with E-state index in [4.69, 9.17) is 14.2 Å². The van der Waals surface area contributed by atoms with E-state index in [1.807, 2.05) is 32.2 Å². The van der Waals surface area contributed by atoms with Crippen LogP contribution in [0.2, 0.25) is 0 Å². The number of anilines is 1. The second kappa shape index (κ2) is 8.52. The molecule has 0 amide bonds. The van der Waals surface area contributed by atoms with Crippen molar-refractivity contribution in [2.24, 2.45) is 0 Å². The fourth-order valence-corrected chi connectivity index (χ4v) is 3.95. The lowest BCUT2D eigenvalue weighted by atomic mass is 9.95. The van der Waals surface area contributed by atoms with E-state index in [1.165, 1.54) is 0 Å². The lowest BCUT2D eigenvalue weighted by Crippen LogP contribution is -2.17. The standard InChI is InChI=1S/C22H28N2O4/c1-6-24-17-10-8-14-15(12-18(17)25)16(23-2)9-7-13-11-19(26-3)21(27-4)22(28-5)20(13)14/h8,10-12,16,23H,6-7,9H2,1-5H3,(H,24,25)/t16-/m0/s1. The van der Waals surface area contributed by atoms with Crippen molar-refractivity contribution in [3.05, 3.63) is 45.6 Å². The van der Waals surface area contributed by atoms with Crippen LogP contribution in [-0.2, 0) is 6.42 Å². The van der Waals surface area contributed by atoms with Crippen LogP contribution >= 0.6 is 0 Å². The molecule has 2 N–H and O–H groups in total. The van der Waals surface area contributed by atoms with Crippen LogP contribution in [0.15, 0.2) is 29.1 Å². The van der Waals surface area contributed by atoms with Gasteiger partial charge in [-0.3, -0.25) is 4.79 Å². The maximum Gasteiger partial charge on any atom is 0.203 e. The molecule has 2 aromatic rings. The van der Waals surface area contributed by atoms with Crippen molar-refractivity contribution in [3.63, 3.8) is 0 Å². The molecule has 0 bridgehead atoms. The van der Waals surface area contributed by atoms with Crippen LogP contribution in [-0.4, -0.2) is 34.9 Å². The Labute approximate surface area is 165 Å². The zero-order valence-corrected chi connectivity index (χ0v) is 17.1. The largest absolute Gasteiger partial charge is 0.493 e. The molecule has 6 heteroatoms. The molecule has 0 heterocycles. The van der Waals surface area contributed by atoms with Gasteiger partial charge in [0.25, 0.3) is 0 Å². The van der Waals surface area contributed by atoms with Crippen LogP contribution in [0.25, 0.3) is 11.1 Å². The monoisotopic (exact) mass is 384 g/mol. The van der Waals surface area contributed by atoms with E-state index in [0.29, 0.717) is 29.5 Å². The number of benzene rings is 1. The van der Waals surface area contributed by atoms with E-state index in [1.54, 1.807) is 27.4 Å². The third-order valence-corrected chi connectivity index (χ3v) is 5.25. The van der Waals surface area contributed by atoms with Gasteiger partial charge >= 0.3 is 0 Å². The van der Waals surface area contributed by atoms with E-state index >= 15 is 0 Å². The Balaban J connectivity index is 2.40. The van der Waals surface area contributed by atoms with E-state index in [0.717, 1.165) is 35.1 Å². The summed E-state index contributed by atoms with van der Waals surface area (Å²) in [6.45, 7) is 2.66. The Morgan fingerprint density at radius 2 is 1.82 bits per heavy atom. The second-order valence-electron chi connectivity index (χ2n) is 6.71. The van der Waals surface area contributed by atoms with Crippen molar-refractivity contribution in [1.82, 2.24) is 5.32 Å². The highest BCUT2D eigenvalue weighted by molar-refractivity contribution is 5.83. The Kier molecular flexibility index (Phi) is 6.09. The Morgan fingerprint density at radius 3 is 2.43 bits per heavy atom. The second-order valence-corrected chi connectivity index (χ2v) is 6.71. The summed E-state index contributed by atoms with van der Waals surface area (Å²) in [6, 6.07) is 7.65. The van der Waals surface area contributed by atoms with E-state index in [2.05, 4.69) is 10.6 Å². The van der Waals surface area contributed by atoms with Gasteiger partial charge in [0, 0.05) is 18.2 Å². The average Bonchev–Trinajstić information content (AvgIpc) is 2.95. The first-order chi connectivity index (χ1) is 13.6. The first-order valence-electron chi connectivity index (χ1n) is 9.51. The summed E-state index contributed by atoms with van der Waals surface area (Å²) in [5, 5.41) is 6.51. The molecule has 0 spiro atoms. The first kappa shape index (κ1) is 20.0. The van der Waals surface area contributed by atoms with Gasteiger partial charge in [-0.2, -0.15) is 0 Å². The zero-order valence-electron chi connectivity index (χ0n) is 17.1. The van der Waals surface area contributed by atoms with Crippen molar-refractivity contribution in [2.75, 3.05) is 40.2 Å². The molecule has 6 nitrogen and oxygen atoms in total. The number of hydrogen-bond acceptors (Lipinski definition) is 6. The van der Waals surface area contributed by atoms with Gasteiger partial charge in [0.1, 0.15) is 0 Å². The molecule has 2 aromatic carbocycles. The maximum absolute atomic E-state index is 12.8. The van der Waals surface area contributed by atoms with Crippen LogP contribution in [0, 0.1) is 0 Å². The summed E-state index contributed by atoms with van der Waals surface area (Å²) in [7, 11) is 6.77. The number of aryl methyl sites for hydroxylation is 1. The normalized spacial score (nSPS) is 15.1. The summed E-state index contributed by atoms with van der Waals surface area (Å²) in [5.41, 5.74) is 4.55. The summed E-state index contributed by atoms with van der Waals surface area (Å²) in [6.07, 6.45) is 1.68. The van der Waals surface area contributed by atoms with Gasteiger partial charge in [0.15, 0.2) is 11.5 Å². The van der Waals surface area contributed by atoms with Gasteiger partial charge in [0.05, 0.1) is 27.0 Å². The molecule has 0 aromatic heterocycles. The SMILES string of the molecule is CCNc1ccc2c(cc1=O)[C@@H](NC)CCc1cc(OC)c(OC)c(OC)c1-2. The third kappa shape index (κ3) is 3.40. The summed E-state index contributed by atoms with van der Waals surface area (Å²) in [5.74, 6) is 1.82. The van der Waals surface area contributed by atoms with Gasteiger partial charge < -0.3 is 24.8 Å². The zero-order chi connectivity index (χ0) is 20.3. The predicted molar refractivity (Wildman–Crippen MR) is 112 cm³/mol. The number of methoxy groups -OCH3 is 3. The molecule has 0 fully saturated rings. The number of rotatable bonds is 6. The van der Waals surface area contributed by atoms with Crippen molar-refractivity contribution < 1.29 is 14.2 Å². The van der Waals surface area contributed by atoms with E-state index in [9.17, 15) is 4.79 Å². The molecule has 1 atom stereocenters. The number of nitrogens with one attached hydrogen (secondary N) is 2. The van der Waals surface area contributed by atoms with Gasteiger partial charge in [-0.05, 0) is 61.7 Å². The topological polar surface area (TPSA) is 68.8 Å². The maximum atomic E-state index is 12.8. The van der Waals surface area contributed by atoms with E-state index in [-0.39, 0.29) is 11.5 Å². The summed E-state index contributed by atoms with van der Waals surface area (Å²) < 4.78 is 16.9.